The van der Waals surface area contributed by atoms with E-state index < -0.39 is 6.04 Å². The smallest absolute Gasteiger partial charge is 0.134 e. The van der Waals surface area contributed by atoms with Gasteiger partial charge in [-0.1, -0.05) is 22.0 Å². The molecule has 1 unspecified atom stereocenters. The van der Waals surface area contributed by atoms with Crippen LogP contribution in [0.25, 0.3) is 11.0 Å². The number of furan rings is 1. The summed E-state index contributed by atoms with van der Waals surface area (Å²) in [7, 11) is 1.72. The Morgan fingerprint density at radius 3 is 2.62 bits per heavy atom. The summed E-state index contributed by atoms with van der Waals surface area (Å²) in [6.07, 6.45) is 0. The minimum Gasteiger partial charge on any atom is -0.459 e. The largest absolute Gasteiger partial charge is 0.459 e. The van der Waals surface area contributed by atoms with E-state index in [4.69, 9.17) is 4.42 Å². The summed E-state index contributed by atoms with van der Waals surface area (Å²) < 4.78 is 33.7. The van der Waals surface area contributed by atoms with Gasteiger partial charge in [-0.25, -0.2) is 8.78 Å². The first-order valence-electron chi connectivity index (χ1n) is 6.39. The van der Waals surface area contributed by atoms with Crippen LogP contribution >= 0.6 is 15.9 Å². The molecule has 1 N–H and O–H groups in total. The van der Waals surface area contributed by atoms with Gasteiger partial charge in [-0.05, 0) is 43.4 Å². The second-order valence-corrected chi connectivity index (χ2v) is 5.63. The molecule has 0 saturated heterocycles. The summed E-state index contributed by atoms with van der Waals surface area (Å²) in [5, 5.41) is 3.68. The average Bonchev–Trinajstić information content (AvgIpc) is 2.84. The Bertz CT molecular complexity index is 800. The fourth-order valence-electron chi connectivity index (χ4n) is 2.36. The van der Waals surface area contributed by atoms with Crippen LogP contribution in [0.2, 0.25) is 0 Å². The number of hydrogen-bond acceptors (Lipinski definition) is 2. The lowest BCUT2D eigenvalue weighted by atomic mass is 10.0. The van der Waals surface area contributed by atoms with Gasteiger partial charge in [0.05, 0.1) is 6.04 Å². The van der Waals surface area contributed by atoms with E-state index in [1.165, 1.54) is 18.2 Å². The highest BCUT2D eigenvalue weighted by Gasteiger charge is 2.20. The van der Waals surface area contributed by atoms with Crippen molar-refractivity contribution in [3.05, 3.63) is 69.9 Å². The minimum absolute atomic E-state index is 0.328. The van der Waals surface area contributed by atoms with Gasteiger partial charge < -0.3 is 9.73 Å². The van der Waals surface area contributed by atoms with Crippen molar-refractivity contribution in [2.24, 2.45) is 0 Å². The molecule has 1 atom stereocenters. The van der Waals surface area contributed by atoms with Gasteiger partial charge in [0, 0.05) is 15.4 Å². The molecule has 5 heteroatoms. The van der Waals surface area contributed by atoms with Crippen LogP contribution in [0.1, 0.15) is 17.4 Å². The van der Waals surface area contributed by atoms with E-state index >= 15 is 0 Å². The molecule has 0 amide bonds. The summed E-state index contributed by atoms with van der Waals surface area (Å²) in [4.78, 5) is 0. The molecule has 0 bridgehead atoms. The summed E-state index contributed by atoms with van der Waals surface area (Å²) in [6.45, 7) is 0. The Balaban J connectivity index is 2.09. The summed E-state index contributed by atoms with van der Waals surface area (Å²) >= 11 is 3.23. The topological polar surface area (TPSA) is 25.2 Å². The number of nitrogens with one attached hydrogen (secondary N) is 1. The second kappa shape index (κ2) is 5.58. The third-order valence-electron chi connectivity index (χ3n) is 3.34. The van der Waals surface area contributed by atoms with Gasteiger partial charge in [0.2, 0.25) is 0 Å². The quantitative estimate of drug-likeness (QED) is 0.734. The van der Waals surface area contributed by atoms with E-state index in [2.05, 4.69) is 21.2 Å². The van der Waals surface area contributed by atoms with Crippen molar-refractivity contribution in [1.29, 1.82) is 0 Å². The first kappa shape index (κ1) is 14.2. The van der Waals surface area contributed by atoms with E-state index in [1.807, 2.05) is 0 Å². The first-order valence-corrected chi connectivity index (χ1v) is 7.19. The van der Waals surface area contributed by atoms with Gasteiger partial charge >= 0.3 is 0 Å². The standard InChI is InChI=1S/C16H12BrF2NO/c1-20-16(12-4-2-10(17)8-13(12)19)15-7-9-6-11(18)3-5-14(9)21-15/h2-8,16,20H,1H3. The van der Waals surface area contributed by atoms with Gasteiger partial charge in [-0.2, -0.15) is 0 Å². The van der Waals surface area contributed by atoms with Gasteiger partial charge in [-0.15, -0.1) is 0 Å². The van der Waals surface area contributed by atoms with E-state index in [1.54, 1.807) is 31.3 Å². The molecule has 21 heavy (non-hydrogen) atoms. The SMILES string of the molecule is CNC(c1cc2cc(F)ccc2o1)c1ccc(Br)cc1F. The van der Waals surface area contributed by atoms with Crippen LogP contribution in [-0.4, -0.2) is 7.05 Å². The molecular weight excluding hydrogens is 340 g/mol. The molecule has 0 aliphatic carbocycles. The zero-order valence-corrected chi connectivity index (χ0v) is 12.7. The van der Waals surface area contributed by atoms with E-state index in [9.17, 15) is 8.78 Å². The maximum atomic E-state index is 14.1. The van der Waals surface area contributed by atoms with Gasteiger partial charge in [0.15, 0.2) is 0 Å². The van der Waals surface area contributed by atoms with Gasteiger partial charge in [-0.3, -0.25) is 0 Å². The van der Waals surface area contributed by atoms with Crippen LogP contribution in [0.15, 0.2) is 51.4 Å². The fourth-order valence-corrected chi connectivity index (χ4v) is 2.70. The third kappa shape index (κ3) is 2.71. The van der Waals surface area contributed by atoms with Gasteiger partial charge in [0.1, 0.15) is 23.0 Å². The van der Waals surface area contributed by atoms with E-state index in [-0.39, 0.29) is 11.6 Å². The van der Waals surface area contributed by atoms with Crippen LogP contribution in [0.3, 0.4) is 0 Å². The molecule has 3 rings (SSSR count). The van der Waals surface area contributed by atoms with E-state index in [0.29, 0.717) is 26.8 Å². The van der Waals surface area contributed by atoms with Crippen LogP contribution in [0, 0.1) is 11.6 Å². The van der Waals surface area contributed by atoms with Crippen molar-refractivity contribution in [1.82, 2.24) is 5.32 Å². The third-order valence-corrected chi connectivity index (χ3v) is 3.84. The normalized spacial score (nSPS) is 12.8. The van der Waals surface area contributed by atoms with Crippen molar-refractivity contribution in [3.63, 3.8) is 0 Å². The number of rotatable bonds is 3. The van der Waals surface area contributed by atoms with Crippen LogP contribution < -0.4 is 5.32 Å². The molecule has 1 heterocycles. The number of hydrogen-bond donors (Lipinski definition) is 1. The Morgan fingerprint density at radius 2 is 1.90 bits per heavy atom. The summed E-state index contributed by atoms with van der Waals surface area (Å²) in [6, 6.07) is 10.5. The van der Waals surface area contributed by atoms with Crippen molar-refractivity contribution < 1.29 is 13.2 Å². The predicted molar refractivity (Wildman–Crippen MR) is 81.2 cm³/mol. The fraction of sp³-hybridized carbons (Fsp3) is 0.125. The highest BCUT2D eigenvalue weighted by Crippen LogP contribution is 2.30. The number of benzene rings is 2. The second-order valence-electron chi connectivity index (χ2n) is 4.72. The van der Waals surface area contributed by atoms with Gasteiger partial charge in [0.25, 0.3) is 0 Å². The van der Waals surface area contributed by atoms with Crippen LogP contribution in [0.4, 0.5) is 8.78 Å². The Hall–Kier alpha value is -1.72. The van der Waals surface area contributed by atoms with Crippen molar-refractivity contribution in [3.8, 4) is 0 Å². The predicted octanol–water partition coefficient (Wildman–Crippen LogP) is 4.78. The highest BCUT2D eigenvalue weighted by molar-refractivity contribution is 9.10. The molecule has 0 radical (unpaired) electrons. The molecule has 0 aliphatic heterocycles. The first-order chi connectivity index (χ1) is 10.1. The van der Waals surface area contributed by atoms with Crippen molar-refractivity contribution in [2.45, 2.75) is 6.04 Å². The van der Waals surface area contributed by atoms with Crippen LogP contribution in [0.5, 0.6) is 0 Å². The highest BCUT2D eigenvalue weighted by atomic mass is 79.9. The zero-order chi connectivity index (χ0) is 15.0. The van der Waals surface area contributed by atoms with Crippen molar-refractivity contribution in [2.75, 3.05) is 7.05 Å². The average molecular weight is 352 g/mol. The maximum Gasteiger partial charge on any atom is 0.134 e. The molecule has 0 fully saturated rings. The molecule has 2 nitrogen and oxygen atoms in total. The number of fused-ring (bicyclic) bond motifs is 1. The molecule has 0 aliphatic rings. The molecule has 3 aromatic rings. The summed E-state index contributed by atoms with van der Waals surface area (Å²) in [5.41, 5.74) is 1.05. The monoisotopic (exact) mass is 351 g/mol. The number of halogens is 3. The van der Waals surface area contributed by atoms with Crippen molar-refractivity contribution >= 4 is 26.9 Å². The minimum atomic E-state index is -0.437. The molecular formula is C16H12BrF2NO. The Morgan fingerprint density at radius 1 is 1.10 bits per heavy atom. The lowest BCUT2D eigenvalue weighted by molar-refractivity contribution is 0.476. The zero-order valence-electron chi connectivity index (χ0n) is 11.2. The van der Waals surface area contributed by atoms with Crippen LogP contribution in [-0.2, 0) is 0 Å². The maximum absolute atomic E-state index is 14.1. The van der Waals surface area contributed by atoms with E-state index in [0.717, 1.165) is 0 Å². The molecule has 108 valence electrons. The molecule has 2 aromatic carbocycles. The lowest BCUT2D eigenvalue weighted by Crippen LogP contribution is -2.18. The molecule has 1 aromatic heterocycles. The summed E-state index contributed by atoms with van der Waals surface area (Å²) in [5.74, 6) is -0.125. The Kier molecular flexibility index (Phi) is 3.78. The Labute approximate surface area is 128 Å². The molecule has 0 saturated carbocycles. The molecule has 0 spiro atoms. The lowest BCUT2D eigenvalue weighted by Gasteiger charge is -2.15.